The summed E-state index contributed by atoms with van der Waals surface area (Å²) >= 11 is 1.07. The Morgan fingerprint density at radius 1 is 1.07 bits per heavy atom. The highest BCUT2D eigenvalue weighted by atomic mass is 32.2. The first-order chi connectivity index (χ1) is 13.3. The fraction of sp³-hybridized carbons (Fsp3) is 0.190. The van der Waals surface area contributed by atoms with Gasteiger partial charge in [-0.15, -0.1) is 11.3 Å². The third-order valence-corrected chi connectivity index (χ3v) is 6.87. The summed E-state index contributed by atoms with van der Waals surface area (Å²) < 4.78 is 34.2. The van der Waals surface area contributed by atoms with Crippen LogP contribution >= 0.6 is 11.3 Å². The van der Waals surface area contributed by atoms with E-state index in [9.17, 15) is 13.2 Å². The van der Waals surface area contributed by atoms with Gasteiger partial charge in [0, 0.05) is 16.6 Å². The lowest BCUT2D eigenvalue weighted by atomic mass is 10.1. The zero-order valence-electron chi connectivity index (χ0n) is 15.9. The average molecular weight is 416 g/mol. The van der Waals surface area contributed by atoms with Crippen LogP contribution in [0, 0.1) is 13.8 Å². The first-order valence-electron chi connectivity index (χ1n) is 8.77. The van der Waals surface area contributed by atoms with Crippen molar-refractivity contribution in [1.82, 2.24) is 0 Å². The molecule has 0 bridgehead atoms. The third kappa shape index (κ3) is 4.10. The average Bonchev–Trinajstić information content (AvgIpc) is 3.12. The summed E-state index contributed by atoms with van der Waals surface area (Å²) in [6.07, 6.45) is 0. The van der Waals surface area contributed by atoms with Gasteiger partial charge in [0.05, 0.1) is 6.61 Å². The summed E-state index contributed by atoms with van der Waals surface area (Å²) in [6.45, 7) is 5.72. The number of rotatable bonds is 6. The van der Waals surface area contributed by atoms with Crippen LogP contribution in [0.4, 0.5) is 5.69 Å². The molecule has 0 atom stereocenters. The van der Waals surface area contributed by atoms with Crippen LogP contribution < -0.4 is 4.72 Å². The Labute approximate surface area is 169 Å². The quantitative estimate of drug-likeness (QED) is 0.575. The molecule has 0 spiro atoms. The molecule has 0 aliphatic rings. The second-order valence-electron chi connectivity index (χ2n) is 6.30. The third-order valence-electron chi connectivity index (χ3n) is 4.32. The van der Waals surface area contributed by atoms with Gasteiger partial charge in [0.15, 0.2) is 0 Å². The molecule has 0 aliphatic heterocycles. The van der Waals surface area contributed by atoms with E-state index in [1.165, 1.54) is 0 Å². The molecule has 0 radical (unpaired) electrons. The van der Waals surface area contributed by atoms with Gasteiger partial charge in [0.2, 0.25) is 0 Å². The maximum Gasteiger partial charge on any atom is 0.349 e. The number of anilines is 1. The van der Waals surface area contributed by atoms with Crippen LogP contribution in [-0.2, 0) is 14.8 Å². The maximum absolute atomic E-state index is 13.3. The van der Waals surface area contributed by atoms with Crippen molar-refractivity contribution in [3.05, 3.63) is 69.9 Å². The number of benzene rings is 2. The summed E-state index contributed by atoms with van der Waals surface area (Å²) in [5.41, 5.74) is 3.68. The van der Waals surface area contributed by atoms with Crippen LogP contribution in [0.1, 0.15) is 27.7 Å². The number of aryl methyl sites for hydroxylation is 2. The first-order valence-corrected chi connectivity index (χ1v) is 11.1. The normalized spacial score (nSPS) is 11.2. The molecule has 1 N–H and O–H groups in total. The van der Waals surface area contributed by atoms with Crippen LogP contribution in [0.3, 0.4) is 0 Å². The Kier molecular flexibility index (Phi) is 5.86. The summed E-state index contributed by atoms with van der Waals surface area (Å²) in [5, 5.41) is 1.68. The molecule has 1 heterocycles. The van der Waals surface area contributed by atoms with Crippen LogP contribution in [0.5, 0.6) is 0 Å². The fourth-order valence-electron chi connectivity index (χ4n) is 2.78. The van der Waals surface area contributed by atoms with Gasteiger partial charge >= 0.3 is 5.97 Å². The van der Waals surface area contributed by atoms with Crippen molar-refractivity contribution in [3.63, 3.8) is 0 Å². The molecule has 0 saturated carbocycles. The van der Waals surface area contributed by atoms with Crippen molar-refractivity contribution in [2.75, 3.05) is 11.3 Å². The van der Waals surface area contributed by atoms with Gasteiger partial charge in [0.1, 0.15) is 9.77 Å². The number of nitrogens with one attached hydrogen (secondary N) is 1. The van der Waals surface area contributed by atoms with E-state index >= 15 is 0 Å². The lowest BCUT2D eigenvalue weighted by Gasteiger charge is -2.12. The molecule has 3 aromatic rings. The Bertz CT molecular complexity index is 1100. The molecule has 0 aliphatic carbocycles. The van der Waals surface area contributed by atoms with Crippen molar-refractivity contribution in [2.24, 2.45) is 0 Å². The SMILES string of the molecule is CCOC(=O)c1scc(-c2ccccc2)c1S(=O)(=O)Nc1ccc(C)c(C)c1. The van der Waals surface area contributed by atoms with Gasteiger partial charge in [-0.2, -0.15) is 0 Å². The highest BCUT2D eigenvalue weighted by molar-refractivity contribution is 7.93. The van der Waals surface area contributed by atoms with Crippen LogP contribution in [0.2, 0.25) is 0 Å². The van der Waals surface area contributed by atoms with Gasteiger partial charge in [-0.05, 0) is 49.6 Å². The minimum atomic E-state index is -4.01. The fourth-order valence-corrected chi connectivity index (χ4v) is 5.52. The highest BCUT2D eigenvalue weighted by Crippen LogP contribution is 2.36. The second-order valence-corrected chi connectivity index (χ2v) is 8.80. The van der Waals surface area contributed by atoms with E-state index in [0.29, 0.717) is 11.3 Å². The van der Waals surface area contributed by atoms with Crippen molar-refractivity contribution in [3.8, 4) is 11.1 Å². The van der Waals surface area contributed by atoms with E-state index in [4.69, 9.17) is 4.74 Å². The van der Waals surface area contributed by atoms with E-state index < -0.39 is 16.0 Å². The van der Waals surface area contributed by atoms with E-state index in [0.717, 1.165) is 28.0 Å². The van der Waals surface area contributed by atoms with Gasteiger partial charge in [-0.1, -0.05) is 36.4 Å². The van der Waals surface area contributed by atoms with Gasteiger partial charge in [-0.25, -0.2) is 13.2 Å². The van der Waals surface area contributed by atoms with Crippen LogP contribution in [-0.4, -0.2) is 21.0 Å². The molecule has 0 unspecified atom stereocenters. The molecule has 2 aromatic carbocycles. The summed E-state index contributed by atoms with van der Waals surface area (Å²) in [5.74, 6) is -0.643. The zero-order chi connectivity index (χ0) is 20.3. The number of hydrogen-bond acceptors (Lipinski definition) is 5. The van der Waals surface area contributed by atoms with Crippen LogP contribution in [0.15, 0.2) is 58.8 Å². The molecular weight excluding hydrogens is 394 g/mol. The minimum Gasteiger partial charge on any atom is -0.462 e. The van der Waals surface area contributed by atoms with E-state index in [1.807, 2.05) is 50.2 Å². The molecule has 146 valence electrons. The number of thiophene rings is 1. The second kappa shape index (κ2) is 8.16. The molecule has 7 heteroatoms. The Morgan fingerprint density at radius 3 is 2.43 bits per heavy atom. The minimum absolute atomic E-state index is 0.0552. The zero-order valence-corrected chi connectivity index (χ0v) is 17.5. The number of carbonyl (C=O) groups is 1. The molecule has 1 aromatic heterocycles. The monoisotopic (exact) mass is 415 g/mol. The highest BCUT2D eigenvalue weighted by Gasteiger charge is 2.30. The molecule has 0 amide bonds. The molecule has 5 nitrogen and oxygen atoms in total. The number of carbonyl (C=O) groups excluding carboxylic acids is 1. The van der Waals surface area contributed by atoms with Crippen LogP contribution in [0.25, 0.3) is 11.1 Å². The van der Waals surface area contributed by atoms with E-state index in [1.54, 1.807) is 24.4 Å². The molecule has 3 rings (SSSR count). The summed E-state index contributed by atoms with van der Waals surface area (Å²) in [7, 11) is -4.01. The largest absolute Gasteiger partial charge is 0.462 e. The summed E-state index contributed by atoms with van der Waals surface area (Å²) in [6, 6.07) is 14.4. The number of ether oxygens (including phenoxy) is 1. The van der Waals surface area contributed by atoms with Crippen molar-refractivity contribution < 1.29 is 17.9 Å². The maximum atomic E-state index is 13.3. The Morgan fingerprint density at radius 2 is 1.79 bits per heavy atom. The molecule has 28 heavy (non-hydrogen) atoms. The molecule has 0 fully saturated rings. The molecule has 0 saturated heterocycles. The number of esters is 1. The van der Waals surface area contributed by atoms with Gasteiger partial charge in [0.25, 0.3) is 10.0 Å². The first kappa shape index (κ1) is 20.1. The Balaban J connectivity index is 2.12. The predicted molar refractivity (Wildman–Crippen MR) is 112 cm³/mol. The Hall–Kier alpha value is -2.64. The van der Waals surface area contributed by atoms with Crippen molar-refractivity contribution >= 4 is 33.0 Å². The lowest BCUT2D eigenvalue weighted by Crippen LogP contribution is -2.17. The predicted octanol–water partition coefficient (Wildman–Crippen LogP) is 5.01. The van der Waals surface area contributed by atoms with E-state index in [-0.39, 0.29) is 16.4 Å². The number of sulfonamides is 1. The van der Waals surface area contributed by atoms with Crippen molar-refractivity contribution in [1.29, 1.82) is 0 Å². The lowest BCUT2D eigenvalue weighted by molar-refractivity contribution is 0.0528. The smallest absolute Gasteiger partial charge is 0.349 e. The molecular formula is C21H21NO4S2. The van der Waals surface area contributed by atoms with Gasteiger partial charge in [-0.3, -0.25) is 4.72 Å². The van der Waals surface area contributed by atoms with Gasteiger partial charge < -0.3 is 4.74 Å². The summed E-state index contributed by atoms with van der Waals surface area (Å²) in [4.78, 5) is 12.4. The number of hydrogen-bond donors (Lipinski definition) is 1. The standard InChI is InChI=1S/C21H21NO4S2/c1-4-26-21(23)19-20(18(13-27-19)16-8-6-5-7-9-16)28(24,25)22-17-11-10-14(2)15(3)12-17/h5-13,22H,4H2,1-3H3. The topological polar surface area (TPSA) is 72.5 Å². The van der Waals surface area contributed by atoms with Crippen molar-refractivity contribution in [2.45, 2.75) is 25.7 Å². The van der Waals surface area contributed by atoms with E-state index in [2.05, 4.69) is 4.72 Å².